The highest BCUT2D eigenvalue weighted by molar-refractivity contribution is 7.12. The lowest BCUT2D eigenvalue weighted by Gasteiger charge is -2.08. The van der Waals surface area contributed by atoms with Crippen molar-refractivity contribution >= 4 is 28.9 Å². The molecule has 134 valence electrons. The predicted molar refractivity (Wildman–Crippen MR) is 105 cm³/mol. The first-order valence-corrected chi connectivity index (χ1v) is 9.07. The average molecular weight is 376 g/mol. The Kier molecular flexibility index (Phi) is 5.64. The molecular weight excluding hydrogens is 360 g/mol. The number of nitrogens with zero attached hydrogens (tertiary/aromatic N) is 1. The van der Waals surface area contributed by atoms with Gasteiger partial charge < -0.3 is 10.1 Å². The molecule has 1 N–H and O–H groups in total. The van der Waals surface area contributed by atoms with Crippen LogP contribution in [-0.2, 0) is 9.53 Å². The lowest BCUT2D eigenvalue weighted by atomic mass is 10.1. The van der Waals surface area contributed by atoms with E-state index in [4.69, 9.17) is 10.00 Å². The molecule has 3 aromatic rings. The van der Waals surface area contributed by atoms with Crippen LogP contribution in [0.2, 0.25) is 0 Å². The summed E-state index contributed by atoms with van der Waals surface area (Å²) in [5, 5.41) is 13.4. The van der Waals surface area contributed by atoms with Gasteiger partial charge in [-0.1, -0.05) is 42.0 Å². The van der Waals surface area contributed by atoms with Gasteiger partial charge in [-0.25, -0.2) is 4.79 Å². The number of hydrogen-bond acceptors (Lipinski definition) is 5. The van der Waals surface area contributed by atoms with Gasteiger partial charge in [0.2, 0.25) is 0 Å². The molecule has 0 spiro atoms. The summed E-state index contributed by atoms with van der Waals surface area (Å²) in [7, 11) is 0. The SMILES string of the molecule is Cc1ccc(-c2ccsc2C(=O)OCC(=O)Nc2ccccc2C#N)cc1. The van der Waals surface area contributed by atoms with Crippen LogP contribution in [0.15, 0.2) is 60.0 Å². The standard InChI is InChI=1S/C21H16N2O3S/c1-14-6-8-15(9-7-14)17-10-11-27-20(17)21(25)26-13-19(24)23-18-5-3-2-4-16(18)12-22/h2-11H,13H2,1H3,(H,23,24). The number of nitriles is 1. The summed E-state index contributed by atoms with van der Waals surface area (Å²) in [6.07, 6.45) is 0. The monoisotopic (exact) mass is 376 g/mol. The summed E-state index contributed by atoms with van der Waals surface area (Å²) in [4.78, 5) is 24.9. The van der Waals surface area contributed by atoms with E-state index in [0.717, 1.165) is 16.7 Å². The van der Waals surface area contributed by atoms with Gasteiger partial charge in [-0.3, -0.25) is 4.79 Å². The summed E-state index contributed by atoms with van der Waals surface area (Å²) in [5.74, 6) is -1.05. The Bertz CT molecular complexity index is 1020. The number of nitrogens with one attached hydrogen (secondary N) is 1. The molecule has 0 saturated heterocycles. The molecule has 3 rings (SSSR count). The van der Waals surface area contributed by atoms with Crippen molar-refractivity contribution in [1.82, 2.24) is 0 Å². The van der Waals surface area contributed by atoms with Crippen molar-refractivity contribution in [3.05, 3.63) is 76.0 Å². The summed E-state index contributed by atoms with van der Waals surface area (Å²) in [6, 6.07) is 18.3. The smallest absolute Gasteiger partial charge is 0.349 e. The molecular formula is C21H16N2O3S. The van der Waals surface area contributed by atoms with Crippen molar-refractivity contribution < 1.29 is 14.3 Å². The summed E-state index contributed by atoms with van der Waals surface area (Å²) < 4.78 is 5.16. The van der Waals surface area contributed by atoms with Crippen LogP contribution in [0.25, 0.3) is 11.1 Å². The minimum Gasteiger partial charge on any atom is -0.451 e. The molecule has 27 heavy (non-hydrogen) atoms. The van der Waals surface area contributed by atoms with Crippen molar-refractivity contribution in [2.24, 2.45) is 0 Å². The van der Waals surface area contributed by atoms with Crippen molar-refractivity contribution in [3.63, 3.8) is 0 Å². The van der Waals surface area contributed by atoms with Crippen LogP contribution in [0.4, 0.5) is 5.69 Å². The third-order valence-electron chi connectivity index (χ3n) is 3.87. The molecule has 0 saturated carbocycles. The molecule has 0 fully saturated rings. The van der Waals surface area contributed by atoms with Crippen molar-refractivity contribution in [1.29, 1.82) is 5.26 Å². The molecule has 2 aromatic carbocycles. The van der Waals surface area contributed by atoms with E-state index in [9.17, 15) is 9.59 Å². The van der Waals surface area contributed by atoms with Gasteiger partial charge in [-0.05, 0) is 36.1 Å². The van der Waals surface area contributed by atoms with Crippen LogP contribution in [-0.4, -0.2) is 18.5 Å². The van der Waals surface area contributed by atoms with Gasteiger partial charge in [-0.15, -0.1) is 11.3 Å². The van der Waals surface area contributed by atoms with Gasteiger partial charge >= 0.3 is 5.97 Å². The van der Waals surface area contributed by atoms with E-state index in [0.29, 0.717) is 16.1 Å². The Labute approximate surface area is 160 Å². The second kappa shape index (κ2) is 8.30. The topological polar surface area (TPSA) is 79.2 Å². The van der Waals surface area contributed by atoms with Gasteiger partial charge in [0.25, 0.3) is 5.91 Å². The first-order chi connectivity index (χ1) is 13.1. The lowest BCUT2D eigenvalue weighted by Crippen LogP contribution is -2.21. The Morgan fingerprint density at radius 3 is 2.59 bits per heavy atom. The van der Waals surface area contributed by atoms with Crippen molar-refractivity contribution in [2.75, 3.05) is 11.9 Å². The Balaban J connectivity index is 1.65. The van der Waals surface area contributed by atoms with E-state index in [1.54, 1.807) is 24.3 Å². The number of carbonyl (C=O) groups is 2. The highest BCUT2D eigenvalue weighted by atomic mass is 32.1. The predicted octanol–water partition coefficient (Wildman–Crippen LogP) is 4.39. The molecule has 0 bridgehead atoms. The van der Waals surface area contributed by atoms with Gasteiger partial charge in [0, 0.05) is 5.56 Å². The summed E-state index contributed by atoms with van der Waals surface area (Å²) in [6.45, 7) is 1.57. The van der Waals surface area contributed by atoms with Crippen LogP contribution in [0.5, 0.6) is 0 Å². The fraction of sp³-hybridized carbons (Fsp3) is 0.0952. The van der Waals surface area contributed by atoms with Crippen molar-refractivity contribution in [2.45, 2.75) is 6.92 Å². The molecule has 0 atom stereocenters. The maximum absolute atomic E-state index is 12.4. The fourth-order valence-corrected chi connectivity index (χ4v) is 3.31. The number of hydrogen-bond donors (Lipinski definition) is 1. The van der Waals surface area contributed by atoms with E-state index in [2.05, 4.69) is 5.32 Å². The largest absolute Gasteiger partial charge is 0.451 e. The van der Waals surface area contributed by atoms with Crippen LogP contribution < -0.4 is 5.32 Å². The number of amides is 1. The van der Waals surface area contributed by atoms with Gasteiger partial charge in [0.1, 0.15) is 10.9 Å². The third-order valence-corrected chi connectivity index (χ3v) is 4.76. The first kappa shape index (κ1) is 18.4. The number of benzene rings is 2. The van der Waals surface area contributed by atoms with E-state index < -0.39 is 18.5 Å². The van der Waals surface area contributed by atoms with Gasteiger partial charge in [-0.2, -0.15) is 5.26 Å². The minimum absolute atomic E-state index is 0.345. The maximum atomic E-state index is 12.4. The molecule has 0 aliphatic carbocycles. The van der Waals surface area contributed by atoms with Crippen LogP contribution in [0.1, 0.15) is 20.8 Å². The number of rotatable bonds is 5. The highest BCUT2D eigenvalue weighted by Gasteiger charge is 2.17. The molecule has 0 aliphatic heterocycles. The Morgan fingerprint density at radius 1 is 1.11 bits per heavy atom. The number of esters is 1. The molecule has 0 radical (unpaired) electrons. The number of anilines is 1. The Hall–Kier alpha value is -3.43. The average Bonchev–Trinajstić information content (AvgIpc) is 3.17. The lowest BCUT2D eigenvalue weighted by molar-refractivity contribution is -0.119. The second-order valence-electron chi connectivity index (χ2n) is 5.81. The zero-order valence-corrected chi connectivity index (χ0v) is 15.4. The minimum atomic E-state index is -0.552. The number of carbonyl (C=O) groups excluding carboxylic acids is 2. The third kappa shape index (κ3) is 4.40. The summed E-state index contributed by atoms with van der Waals surface area (Å²) in [5.41, 5.74) is 3.56. The maximum Gasteiger partial charge on any atom is 0.349 e. The quantitative estimate of drug-likeness (QED) is 0.670. The number of ether oxygens (including phenoxy) is 1. The number of aryl methyl sites for hydroxylation is 1. The molecule has 0 aliphatic rings. The van der Waals surface area contributed by atoms with E-state index >= 15 is 0 Å². The molecule has 5 nitrogen and oxygen atoms in total. The fourth-order valence-electron chi connectivity index (χ4n) is 2.50. The van der Waals surface area contributed by atoms with Gasteiger partial charge in [0.05, 0.1) is 11.3 Å². The molecule has 1 heterocycles. The number of thiophene rings is 1. The van der Waals surface area contributed by atoms with Crippen LogP contribution in [0.3, 0.4) is 0 Å². The van der Waals surface area contributed by atoms with E-state index in [1.807, 2.05) is 48.7 Å². The zero-order valence-electron chi connectivity index (χ0n) is 14.6. The highest BCUT2D eigenvalue weighted by Crippen LogP contribution is 2.29. The molecule has 1 aromatic heterocycles. The van der Waals surface area contributed by atoms with E-state index in [1.165, 1.54) is 11.3 Å². The van der Waals surface area contributed by atoms with Gasteiger partial charge in [0.15, 0.2) is 6.61 Å². The van der Waals surface area contributed by atoms with Crippen molar-refractivity contribution in [3.8, 4) is 17.2 Å². The normalized spacial score (nSPS) is 10.1. The van der Waals surface area contributed by atoms with E-state index in [-0.39, 0.29) is 0 Å². The van der Waals surface area contributed by atoms with Crippen LogP contribution >= 0.6 is 11.3 Å². The van der Waals surface area contributed by atoms with Crippen LogP contribution in [0, 0.1) is 18.3 Å². The molecule has 0 unspecified atom stereocenters. The molecule has 6 heteroatoms. The zero-order chi connectivity index (χ0) is 19.2. The Morgan fingerprint density at radius 2 is 1.85 bits per heavy atom. The molecule has 1 amide bonds. The first-order valence-electron chi connectivity index (χ1n) is 8.19. The number of para-hydroxylation sites is 1. The second-order valence-corrected chi connectivity index (χ2v) is 6.73. The summed E-state index contributed by atoms with van der Waals surface area (Å²) >= 11 is 1.27.